The Kier molecular flexibility index (Phi) is 5.12. The molecule has 0 unspecified atom stereocenters. The first-order valence-electron chi connectivity index (χ1n) is 6.04. The van der Waals surface area contributed by atoms with Crippen molar-refractivity contribution >= 4 is 17.7 Å². The third-order valence-electron chi connectivity index (χ3n) is 2.64. The Hall–Kier alpha value is -1.88. The van der Waals surface area contributed by atoms with E-state index in [9.17, 15) is 13.6 Å². The van der Waals surface area contributed by atoms with Crippen LogP contribution in [0.5, 0.6) is 0 Å². The lowest BCUT2D eigenvalue weighted by Gasteiger charge is -2.07. The van der Waals surface area contributed by atoms with Gasteiger partial charge in [-0.15, -0.1) is 11.8 Å². The molecule has 2 nitrogen and oxygen atoms in total. The molecule has 0 radical (unpaired) electrons. The normalized spacial score (nSPS) is 10.3. The van der Waals surface area contributed by atoms with E-state index in [0.717, 1.165) is 4.90 Å². The first kappa shape index (κ1) is 14.5. The van der Waals surface area contributed by atoms with Crippen LogP contribution in [0.15, 0.2) is 53.4 Å². The summed E-state index contributed by atoms with van der Waals surface area (Å²) >= 11 is 1.37. The molecule has 0 spiro atoms. The Bertz CT molecular complexity index is 569. The minimum Gasteiger partial charge on any atom is -0.351 e. The summed E-state index contributed by atoms with van der Waals surface area (Å²) in [6.07, 6.45) is 0. The lowest BCUT2D eigenvalue weighted by Crippen LogP contribution is -2.25. The molecule has 2 aromatic carbocycles. The van der Waals surface area contributed by atoms with Gasteiger partial charge >= 0.3 is 0 Å². The smallest absolute Gasteiger partial charge is 0.230 e. The number of thioether (sulfide) groups is 1. The number of hydrogen-bond acceptors (Lipinski definition) is 2. The molecule has 0 aromatic heterocycles. The van der Waals surface area contributed by atoms with E-state index in [-0.39, 0.29) is 23.8 Å². The van der Waals surface area contributed by atoms with Gasteiger partial charge in [0.25, 0.3) is 0 Å². The predicted octanol–water partition coefficient (Wildman–Crippen LogP) is 3.37. The molecule has 1 amide bonds. The molecule has 0 aliphatic carbocycles. The summed E-state index contributed by atoms with van der Waals surface area (Å²) in [5.74, 6) is -1.36. The molecule has 1 N–H and O–H groups in total. The highest BCUT2D eigenvalue weighted by atomic mass is 32.2. The molecule has 0 heterocycles. The van der Waals surface area contributed by atoms with E-state index in [4.69, 9.17) is 0 Å². The number of benzene rings is 2. The maximum Gasteiger partial charge on any atom is 0.230 e. The number of hydrogen-bond donors (Lipinski definition) is 1. The summed E-state index contributed by atoms with van der Waals surface area (Å²) in [7, 11) is 0. The highest BCUT2D eigenvalue weighted by Crippen LogP contribution is 2.16. The lowest BCUT2D eigenvalue weighted by atomic mass is 10.2. The van der Waals surface area contributed by atoms with E-state index in [1.807, 2.05) is 30.3 Å². The van der Waals surface area contributed by atoms with Gasteiger partial charge in [-0.3, -0.25) is 4.79 Å². The first-order chi connectivity index (χ1) is 9.66. The van der Waals surface area contributed by atoms with Gasteiger partial charge in [0.2, 0.25) is 5.91 Å². The maximum atomic E-state index is 13.4. The largest absolute Gasteiger partial charge is 0.351 e. The predicted molar refractivity (Wildman–Crippen MR) is 75.4 cm³/mol. The van der Waals surface area contributed by atoms with Gasteiger partial charge in [0, 0.05) is 17.0 Å². The van der Waals surface area contributed by atoms with E-state index in [1.54, 1.807) is 0 Å². The quantitative estimate of drug-likeness (QED) is 0.856. The Labute approximate surface area is 120 Å². The summed E-state index contributed by atoms with van der Waals surface area (Å²) in [6.45, 7) is -0.146. The maximum absolute atomic E-state index is 13.4. The molecule has 0 aliphatic heterocycles. The van der Waals surface area contributed by atoms with Crippen LogP contribution < -0.4 is 5.32 Å². The van der Waals surface area contributed by atoms with Crippen LogP contribution in [0.2, 0.25) is 0 Å². The van der Waals surface area contributed by atoms with Gasteiger partial charge in [0.1, 0.15) is 11.6 Å². The fraction of sp³-hybridized carbons (Fsp3) is 0.133. The summed E-state index contributed by atoms with van der Waals surface area (Å²) in [5.41, 5.74) is -0.120. The summed E-state index contributed by atoms with van der Waals surface area (Å²) in [6, 6.07) is 13.1. The summed E-state index contributed by atoms with van der Waals surface area (Å²) < 4.78 is 26.7. The standard InChI is InChI=1S/C15H13F2NOS/c16-13-7-4-8-14(17)12(13)9-18-15(19)10-20-11-5-2-1-3-6-11/h1-8H,9-10H2,(H,18,19). The van der Waals surface area contributed by atoms with Crippen molar-refractivity contribution in [2.75, 3.05) is 5.75 Å². The summed E-state index contributed by atoms with van der Waals surface area (Å²) in [4.78, 5) is 12.6. The molecule has 0 saturated carbocycles. The van der Waals surface area contributed by atoms with Crippen LogP contribution in [0.1, 0.15) is 5.56 Å². The van der Waals surface area contributed by atoms with E-state index >= 15 is 0 Å². The van der Waals surface area contributed by atoms with Crippen molar-refractivity contribution < 1.29 is 13.6 Å². The van der Waals surface area contributed by atoms with Gasteiger partial charge in [0.05, 0.1) is 5.75 Å². The molecule has 0 bridgehead atoms. The number of rotatable bonds is 5. The van der Waals surface area contributed by atoms with Gasteiger partial charge in [-0.2, -0.15) is 0 Å². The highest BCUT2D eigenvalue weighted by Gasteiger charge is 2.09. The second kappa shape index (κ2) is 7.05. The van der Waals surface area contributed by atoms with Crippen LogP contribution in [-0.2, 0) is 11.3 Å². The van der Waals surface area contributed by atoms with Crippen molar-refractivity contribution in [2.24, 2.45) is 0 Å². The van der Waals surface area contributed by atoms with Crippen molar-refractivity contribution in [1.82, 2.24) is 5.32 Å². The SMILES string of the molecule is O=C(CSc1ccccc1)NCc1c(F)cccc1F. The Morgan fingerprint density at radius 3 is 2.30 bits per heavy atom. The van der Waals surface area contributed by atoms with E-state index in [0.29, 0.717) is 0 Å². The molecule has 2 rings (SSSR count). The van der Waals surface area contributed by atoms with E-state index in [1.165, 1.54) is 30.0 Å². The number of nitrogens with one attached hydrogen (secondary N) is 1. The zero-order valence-corrected chi connectivity index (χ0v) is 11.4. The Morgan fingerprint density at radius 1 is 1.00 bits per heavy atom. The van der Waals surface area contributed by atoms with Crippen molar-refractivity contribution in [3.63, 3.8) is 0 Å². The number of halogens is 2. The number of amides is 1. The molecule has 5 heteroatoms. The van der Waals surface area contributed by atoms with Gasteiger partial charge in [-0.1, -0.05) is 24.3 Å². The topological polar surface area (TPSA) is 29.1 Å². The molecule has 0 aliphatic rings. The second-order valence-corrected chi connectivity index (χ2v) is 5.13. The van der Waals surface area contributed by atoms with Gasteiger partial charge < -0.3 is 5.32 Å². The second-order valence-electron chi connectivity index (χ2n) is 4.08. The summed E-state index contributed by atoms with van der Waals surface area (Å²) in [5, 5.41) is 2.51. The van der Waals surface area contributed by atoms with Crippen LogP contribution >= 0.6 is 11.8 Å². The highest BCUT2D eigenvalue weighted by molar-refractivity contribution is 8.00. The van der Waals surface area contributed by atoms with Crippen LogP contribution in [0.25, 0.3) is 0 Å². The van der Waals surface area contributed by atoms with E-state index in [2.05, 4.69) is 5.32 Å². The number of carbonyl (C=O) groups is 1. The van der Waals surface area contributed by atoms with Crippen molar-refractivity contribution in [3.8, 4) is 0 Å². The van der Waals surface area contributed by atoms with Crippen LogP contribution in [-0.4, -0.2) is 11.7 Å². The lowest BCUT2D eigenvalue weighted by molar-refractivity contribution is -0.118. The zero-order chi connectivity index (χ0) is 14.4. The van der Waals surface area contributed by atoms with Crippen LogP contribution in [0, 0.1) is 11.6 Å². The molecule has 104 valence electrons. The third kappa shape index (κ3) is 4.06. The Morgan fingerprint density at radius 2 is 1.65 bits per heavy atom. The molecule has 0 fully saturated rings. The van der Waals surface area contributed by atoms with Gasteiger partial charge in [-0.25, -0.2) is 8.78 Å². The average molecular weight is 293 g/mol. The molecule has 0 saturated heterocycles. The minimum absolute atomic E-state index is 0.120. The van der Waals surface area contributed by atoms with Crippen molar-refractivity contribution in [1.29, 1.82) is 0 Å². The monoisotopic (exact) mass is 293 g/mol. The van der Waals surface area contributed by atoms with Crippen molar-refractivity contribution in [2.45, 2.75) is 11.4 Å². The molecule has 2 aromatic rings. The molecular formula is C15H13F2NOS. The number of carbonyl (C=O) groups excluding carboxylic acids is 1. The third-order valence-corrected chi connectivity index (χ3v) is 3.65. The zero-order valence-electron chi connectivity index (χ0n) is 10.6. The van der Waals surface area contributed by atoms with Crippen molar-refractivity contribution in [3.05, 3.63) is 65.7 Å². The van der Waals surface area contributed by atoms with E-state index < -0.39 is 11.6 Å². The van der Waals surface area contributed by atoms with Crippen LogP contribution in [0.4, 0.5) is 8.78 Å². The van der Waals surface area contributed by atoms with Crippen LogP contribution in [0.3, 0.4) is 0 Å². The molecule has 0 atom stereocenters. The van der Waals surface area contributed by atoms with Gasteiger partial charge in [-0.05, 0) is 24.3 Å². The molecular weight excluding hydrogens is 280 g/mol. The molecule has 20 heavy (non-hydrogen) atoms. The fourth-order valence-corrected chi connectivity index (χ4v) is 2.35. The first-order valence-corrected chi connectivity index (χ1v) is 7.03. The average Bonchev–Trinajstić information content (AvgIpc) is 2.46. The Balaban J connectivity index is 1.84. The van der Waals surface area contributed by atoms with Gasteiger partial charge in [0.15, 0.2) is 0 Å². The fourth-order valence-electron chi connectivity index (χ4n) is 1.60. The minimum atomic E-state index is -0.652.